The van der Waals surface area contributed by atoms with E-state index in [2.05, 4.69) is 10.3 Å². The van der Waals surface area contributed by atoms with Crippen LogP contribution in [0.25, 0.3) is 11.0 Å². The molecule has 0 N–H and O–H groups in total. The Labute approximate surface area is 109 Å². The molecule has 2 heterocycles. The maximum atomic E-state index is 10.8. The summed E-state index contributed by atoms with van der Waals surface area (Å²) in [4.78, 5) is 17.9. The number of esters is 1. The van der Waals surface area contributed by atoms with Crippen LogP contribution in [0.5, 0.6) is 0 Å². The Kier molecular flexibility index (Phi) is 3.04. The summed E-state index contributed by atoms with van der Waals surface area (Å²) in [5, 5.41) is 7.92. The topological polar surface area (TPSA) is 75.5 Å². The van der Waals surface area contributed by atoms with Crippen LogP contribution >= 0.6 is 0 Å². The minimum Gasteiger partial charge on any atom is -0.436 e. The number of hydrogen-bond acceptors (Lipinski definition) is 6. The van der Waals surface area contributed by atoms with Crippen molar-refractivity contribution in [1.82, 2.24) is 15.2 Å². The van der Waals surface area contributed by atoms with Gasteiger partial charge < -0.3 is 14.3 Å². The van der Waals surface area contributed by atoms with Gasteiger partial charge in [-0.05, 0) is 17.3 Å². The summed E-state index contributed by atoms with van der Waals surface area (Å²) in [6.45, 7) is 1.70. The molecule has 100 valence electrons. The van der Waals surface area contributed by atoms with Crippen molar-refractivity contribution in [3.63, 3.8) is 0 Å². The minimum absolute atomic E-state index is 0.213. The van der Waals surface area contributed by atoms with E-state index in [1.165, 1.54) is 11.8 Å². The molecule has 1 aliphatic heterocycles. The summed E-state index contributed by atoms with van der Waals surface area (Å²) >= 11 is 0. The number of ether oxygens (including phenoxy) is 2. The zero-order chi connectivity index (χ0) is 13.2. The monoisotopic (exact) mass is 263 g/mol. The highest BCUT2D eigenvalue weighted by Crippen LogP contribution is 2.17. The fourth-order valence-electron chi connectivity index (χ4n) is 1.97. The molecule has 1 saturated heterocycles. The van der Waals surface area contributed by atoms with Crippen LogP contribution in [0.3, 0.4) is 0 Å². The number of hydrogen-bond donors (Lipinski definition) is 0. The molecule has 0 spiro atoms. The van der Waals surface area contributed by atoms with Gasteiger partial charge in [0.1, 0.15) is 11.0 Å². The lowest BCUT2D eigenvalue weighted by atomic mass is 10.3. The predicted octanol–water partition coefficient (Wildman–Crippen LogP) is 0.538. The number of benzene rings is 1. The van der Waals surface area contributed by atoms with E-state index in [1.807, 2.05) is 24.3 Å². The van der Waals surface area contributed by atoms with Crippen molar-refractivity contribution in [2.24, 2.45) is 0 Å². The van der Waals surface area contributed by atoms with Gasteiger partial charge in [-0.3, -0.25) is 4.79 Å². The first-order chi connectivity index (χ1) is 9.22. The van der Waals surface area contributed by atoms with Crippen molar-refractivity contribution in [1.29, 1.82) is 0 Å². The molecule has 1 fully saturated rings. The van der Waals surface area contributed by atoms with Gasteiger partial charge in [-0.1, -0.05) is 17.0 Å². The van der Waals surface area contributed by atoms with Crippen molar-refractivity contribution in [2.75, 3.05) is 6.61 Å². The summed E-state index contributed by atoms with van der Waals surface area (Å²) in [6, 6.07) is 7.50. The number of nitrogens with zero attached hydrogens (tertiary/aromatic N) is 3. The van der Waals surface area contributed by atoms with Crippen molar-refractivity contribution < 1.29 is 19.1 Å². The van der Waals surface area contributed by atoms with Crippen molar-refractivity contribution in [3.8, 4) is 0 Å². The summed E-state index contributed by atoms with van der Waals surface area (Å²) < 4.78 is 10.3. The van der Waals surface area contributed by atoms with Gasteiger partial charge in [0.05, 0.1) is 13.0 Å². The van der Waals surface area contributed by atoms with E-state index in [0.717, 1.165) is 11.0 Å². The third-order valence-electron chi connectivity index (χ3n) is 2.79. The smallest absolute Gasteiger partial charge is 0.304 e. The van der Waals surface area contributed by atoms with Gasteiger partial charge in [-0.25, -0.2) is 0 Å². The minimum atomic E-state index is -0.544. The molecule has 0 bridgehead atoms. The van der Waals surface area contributed by atoms with Crippen LogP contribution in [0.4, 0.5) is 0 Å². The van der Waals surface area contributed by atoms with Crippen molar-refractivity contribution in [2.45, 2.75) is 25.7 Å². The molecule has 0 aliphatic carbocycles. The molecule has 7 heteroatoms. The molecule has 1 aromatic heterocycles. The molecule has 0 radical (unpaired) electrons. The van der Waals surface area contributed by atoms with Gasteiger partial charge in [0.2, 0.25) is 6.29 Å². The summed E-state index contributed by atoms with van der Waals surface area (Å²) in [6.07, 6.45) is -0.278. The Bertz CT molecular complexity index is 597. The normalized spacial score (nSPS) is 22.6. The van der Waals surface area contributed by atoms with Crippen molar-refractivity contribution >= 4 is 17.0 Å². The molecule has 1 unspecified atom stereocenters. The van der Waals surface area contributed by atoms with E-state index in [0.29, 0.717) is 13.0 Å². The van der Waals surface area contributed by atoms with Crippen LogP contribution in [-0.4, -0.2) is 40.1 Å². The summed E-state index contributed by atoms with van der Waals surface area (Å²) in [5.41, 5.74) is 1.55. The molecule has 0 amide bonds. The van der Waals surface area contributed by atoms with Gasteiger partial charge in [0.15, 0.2) is 6.10 Å². The van der Waals surface area contributed by atoms with E-state index < -0.39 is 6.29 Å². The summed E-state index contributed by atoms with van der Waals surface area (Å²) in [7, 11) is 0. The largest absolute Gasteiger partial charge is 0.436 e. The summed E-state index contributed by atoms with van der Waals surface area (Å²) in [5.74, 6) is -0.364. The van der Waals surface area contributed by atoms with Crippen molar-refractivity contribution in [3.05, 3.63) is 24.3 Å². The number of fused-ring (bicyclic) bond motifs is 1. The van der Waals surface area contributed by atoms with Crippen LogP contribution in [0, 0.1) is 0 Å². The zero-order valence-electron chi connectivity index (χ0n) is 10.4. The van der Waals surface area contributed by atoms with Crippen LogP contribution in [0.2, 0.25) is 0 Å². The van der Waals surface area contributed by atoms with Gasteiger partial charge in [-0.15, -0.1) is 5.10 Å². The van der Waals surface area contributed by atoms with E-state index in [4.69, 9.17) is 14.3 Å². The van der Waals surface area contributed by atoms with E-state index in [1.54, 1.807) is 0 Å². The quantitative estimate of drug-likeness (QED) is 0.752. The average molecular weight is 263 g/mol. The maximum absolute atomic E-state index is 10.8. The van der Waals surface area contributed by atoms with E-state index >= 15 is 0 Å². The molecular formula is C12H13N3O4. The first-order valence-corrected chi connectivity index (χ1v) is 5.99. The molecule has 3 rings (SSSR count). The molecule has 1 aromatic carbocycles. The fraction of sp³-hybridized carbons (Fsp3) is 0.417. The Balaban J connectivity index is 1.68. The molecule has 7 nitrogen and oxygen atoms in total. The Morgan fingerprint density at radius 3 is 3.16 bits per heavy atom. The number of aromatic nitrogens is 3. The van der Waals surface area contributed by atoms with Gasteiger partial charge in [-0.2, -0.15) is 0 Å². The fourth-order valence-corrected chi connectivity index (χ4v) is 1.97. The molecule has 2 aromatic rings. The number of carbonyl (C=O) groups is 1. The average Bonchev–Trinajstić information content (AvgIpc) is 2.97. The first kappa shape index (κ1) is 11.9. The second-order valence-electron chi connectivity index (χ2n) is 4.29. The van der Waals surface area contributed by atoms with E-state index in [-0.39, 0.29) is 12.1 Å². The first-order valence-electron chi connectivity index (χ1n) is 5.99. The number of rotatable bonds is 3. The highest BCUT2D eigenvalue weighted by molar-refractivity contribution is 5.73. The zero-order valence-corrected chi connectivity index (χ0v) is 10.4. The SMILES string of the molecule is CC(=O)OC1C[C@H](On2nnc3ccccc32)CO1. The van der Waals surface area contributed by atoms with Gasteiger partial charge >= 0.3 is 5.97 Å². The molecule has 0 saturated carbocycles. The Hall–Kier alpha value is -2.15. The Morgan fingerprint density at radius 1 is 1.47 bits per heavy atom. The second-order valence-corrected chi connectivity index (χ2v) is 4.29. The van der Waals surface area contributed by atoms with Gasteiger partial charge in [0, 0.05) is 6.92 Å². The molecular weight excluding hydrogens is 250 g/mol. The highest BCUT2D eigenvalue weighted by atomic mass is 16.7. The lowest BCUT2D eigenvalue weighted by molar-refractivity contribution is -0.166. The molecule has 2 atom stereocenters. The lowest BCUT2D eigenvalue weighted by Gasteiger charge is -2.11. The highest BCUT2D eigenvalue weighted by Gasteiger charge is 2.30. The second kappa shape index (κ2) is 4.85. The van der Waals surface area contributed by atoms with Crippen LogP contribution in [0.15, 0.2) is 24.3 Å². The van der Waals surface area contributed by atoms with E-state index in [9.17, 15) is 4.79 Å². The molecule has 19 heavy (non-hydrogen) atoms. The standard InChI is InChI=1S/C12H13N3O4/c1-8(16)18-12-6-9(7-17-12)19-15-11-5-3-2-4-10(11)13-14-15/h2-5,9,12H,6-7H2,1H3/t9-,12?/m0/s1. The lowest BCUT2D eigenvalue weighted by Crippen LogP contribution is -2.26. The number of carbonyl (C=O) groups excluding carboxylic acids is 1. The van der Waals surface area contributed by atoms with Crippen LogP contribution in [0.1, 0.15) is 13.3 Å². The van der Waals surface area contributed by atoms with Gasteiger partial charge in [0.25, 0.3) is 0 Å². The maximum Gasteiger partial charge on any atom is 0.304 e. The van der Waals surface area contributed by atoms with Crippen LogP contribution < -0.4 is 4.84 Å². The third kappa shape index (κ3) is 2.50. The predicted molar refractivity (Wildman–Crippen MR) is 64.0 cm³/mol. The third-order valence-corrected chi connectivity index (χ3v) is 2.79. The number of para-hydroxylation sites is 1. The van der Waals surface area contributed by atoms with Crippen LogP contribution in [-0.2, 0) is 14.3 Å². The Morgan fingerprint density at radius 2 is 2.32 bits per heavy atom. The molecule has 1 aliphatic rings.